The number of rotatable bonds is 2. The maximum Gasteiger partial charge on any atom is 0.314 e. The molecule has 0 spiro atoms. The zero-order valence-corrected chi connectivity index (χ0v) is 11.8. The van der Waals surface area contributed by atoms with Gasteiger partial charge in [0.05, 0.1) is 16.7 Å². The Labute approximate surface area is 131 Å². The summed E-state index contributed by atoms with van der Waals surface area (Å²) >= 11 is 0. The van der Waals surface area contributed by atoms with Gasteiger partial charge in [0.1, 0.15) is 0 Å². The van der Waals surface area contributed by atoms with Gasteiger partial charge in [-0.3, -0.25) is 14.4 Å². The minimum Gasteiger partial charge on any atom is -0.505 e. The van der Waals surface area contributed by atoms with Gasteiger partial charge >= 0.3 is 11.1 Å². The molecule has 0 aliphatic carbocycles. The summed E-state index contributed by atoms with van der Waals surface area (Å²) in [5.41, 5.74) is -1.63. The third-order valence-electron chi connectivity index (χ3n) is 3.29. The Balaban J connectivity index is 1.97. The summed E-state index contributed by atoms with van der Waals surface area (Å²) in [5.74, 6) is -4.53. The summed E-state index contributed by atoms with van der Waals surface area (Å²) in [5, 5.41) is 11.2. The highest BCUT2D eigenvalue weighted by atomic mass is 19.2. The number of carbonyl (C=O) groups excluding carboxylic acids is 1. The number of amides is 1. The van der Waals surface area contributed by atoms with E-state index in [9.17, 15) is 23.2 Å². The molecule has 1 amide bonds. The molecule has 0 unspecified atom stereocenters. The largest absolute Gasteiger partial charge is 0.505 e. The van der Waals surface area contributed by atoms with Crippen molar-refractivity contribution in [3.63, 3.8) is 0 Å². The molecular formula is C15H9F2N3O4. The van der Waals surface area contributed by atoms with Crippen molar-refractivity contribution >= 4 is 22.6 Å². The summed E-state index contributed by atoms with van der Waals surface area (Å²) in [6.07, 6.45) is 0. The first kappa shape index (κ1) is 15.4. The normalized spacial score (nSPS) is 10.8. The van der Waals surface area contributed by atoms with Gasteiger partial charge < -0.3 is 20.4 Å². The molecule has 7 nitrogen and oxygen atoms in total. The van der Waals surface area contributed by atoms with Crippen molar-refractivity contribution in [1.29, 1.82) is 0 Å². The topological polar surface area (TPSA) is 115 Å². The lowest BCUT2D eigenvalue weighted by Gasteiger charge is -2.08. The van der Waals surface area contributed by atoms with Crippen molar-refractivity contribution in [2.24, 2.45) is 0 Å². The van der Waals surface area contributed by atoms with E-state index in [4.69, 9.17) is 5.11 Å². The molecule has 3 aromatic rings. The number of aromatic nitrogens is 2. The van der Waals surface area contributed by atoms with Crippen LogP contribution in [0.15, 0.2) is 39.9 Å². The molecule has 1 aromatic heterocycles. The number of carbonyl (C=O) groups is 1. The molecule has 0 fully saturated rings. The summed E-state index contributed by atoms with van der Waals surface area (Å²) in [4.78, 5) is 39.3. The quantitative estimate of drug-likeness (QED) is 0.420. The Bertz CT molecular complexity index is 1090. The van der Waals surface area contributed by atoms with E-state index in [2.05, 4.69) is 15.3 Å². The summed E-state index contributed by atoms with van der Waals surface area (Å²) in [7, 11) is 0. The predicted octanol–water partition coefficient (Wildman–Crippen LogP) is 1.45. The molecule has 0 radical (unpaired) electrons. The molecule has 2 aromatic carbocycles. The minimum atomic E-state index is -1.48. The maximum absolute atomic E-state index is 13.7. The SMILES string of the molecule is O=C(Nc1ccc(O)c(F)c1F)c1ccc2[nH]c(=O)c(=O)[nH]c2c1. The van der Waals surface area contributed by atoms with Crippen molar-refractivity contribution in [3.8, 4) is 5.75 Å². The molecule has 0 saturated heterocycles. The zero-order chi connectivity index (χ0) is 17.4. The van der Waals surface area contributed by atoms with Gasteiger partial charge in [0, 0.05) is 5.56 Å². The Hall–Kier alpha value is -3.49. The molecule has 122 valence electrons. The van der Waals surface area contributed by atoms with E-state index in [1.54, 1.807) is 0 Å². The number of fused-ring (bicyclic) bond motifs is 1. The predicted molar refractivity (Wildman–Crippen MR) is 81.2 cm³/mol. The number of anilines is 1. The van der Waals surface area contributed by atoms with Crippen LogP contribution in [0.3, 0.4) is 0 Å². The summed E-state index contributed by atoms with van der Waals surface area (Å²) in [6, 6.07) is 5.90. The number of benzene rings is 2. The summed E-state index contributed by atoms with van der Waals surface area (Å²) < 4.78 is 26.9. The molecule has 3 rings (SSSR count). The molecule has 0 aliphatic heterocycles. The lowest BCUT2D eigenvalue weighted by molar-refractivity contribution is 0.102. The van der Waals surface area contributed by atoms with Crippen LogP contribution in [0, 0.1) is 11.6 Å². The first-order valence-corrected chi connectivity index (χ1v) is 6.61. The van der Waals surface area contributed by atoms with Crippen molar-refractivity contribution in [2.75, 3.05) is 5.32 Å². The van der Waals surface area contributed by atoms with Crippen LogP contribution < -0.4 is 16.4 Å². The third-order valence-corrected chi connectivity index (χ3v) is 3.29. The van der Waals surface area contributed by atoms with Crippen LogP contribution in [0.2, 0.25) is 0 Å². The molecule has 0 aliphatic rings. The van der Waals surface area contributed by atoms with Gasteiger partial charge in [-0.25, -0.2) is 4.39 Å². The van der Waals surface area contributed by atoms with Gasteiger partial charge in [-0.2, -0.15) is 4.39 Å². The average Bonchev–Trinajstić information content (AvgIpc) is 2.56. The Morgan fingerprint density at radius 1 is 0.958 bits per heavy atom. The van der Waals surface area contributed by atoms with Gasteiger partial charge in [-0.15, -0.1) is 0 Å². The average molecular weight is 333 g/mol. The second kappa shape index (κ2) is 5.61. The number of halogens is 2. The fourth-order valence-electron chi connectivity index (χ4n) is 2.09. The fourth-order valence-corrected chi connectivity index (χ4v) is 2.09. The van der Waals surface area contributed by atoms with Gasteiger partial charge in [0.2, 0.25) is 5.82 Å². The van der Waals surface area contributed by atoms with Crippen LogP contribution in [-0.4, -0.2) is 21.0 Å². The minimum absolute atomic E-state index is 0.0399. The lowest BCUT2D eigenvalue weighted by atomic mass is 10.1. The Kier molecular flexibility index (Phi) is 3.60. The van der Waals surface area contributed by atoms with E-state index in [1.165, 1.54) is 18.2 Å². The number of phenolic OH excluding ortho intramolecular Hbond substituents is 1. The van der Waals surface area contributed by atoms with Crippen molar-refractivity contribution < 1.29 is 18.7 Å². The van der Waals surface area contributed by atoms with Gasteiger partial charge in [-0.05, 0) is 30.3 Å². The number of H-pyrrole nitrogens is 2. The monoisotopic (exact) mass is 333 g/mol. The number of aromatic amines is 2. The molecule has 0 atom stereocenters. The highest BCUT2D eigenvalue weighted by molar-refractivity contribution is 6.05. The van der Waals surface area contributed by atoms with Crippen LogP contribution in [0.5, 0.6) is 5.75 Å². The molecule has 0 saturated carbocycles. The number of hydrogen-bond donors (Lipinski definition) is 4. The third kappa shape index (κ3) is 2.62. The smallest absolute Gasteiger partial charge is 0.314 e. The van der Waals surface area contributed by atoms with E-state index >= 15 is 0 Å². The number of hydrogen-bond acceptors (Lipinski definition) is 4. The van der Waals surface area contributed by atoms with E-state index in [1.807, 2.05) is 0 Å². The van der Waals surface area contributed by atoms with Crippen molar-refractivity contribution in [3.05, 3.63) is 68.2 Å². The molecule has 0 bridgehead atoms. The van der Waals surface area contributed by atoms with E-state index in [0.717, 1.165) is 12.1 Å². The van der Waals surface area contributed by atoms with Crippen LogP contribution in [-0.2, 0) is 0 Å². The Morgan fingerprint density at radius 3 is 2.33 bits per heavy atom. The van der Waals surface area contributed by atoms with Crippen molar-refractivity contribution in [1.82, 2.24) is 9.97 Å². The van der Waals surface area contributed by atoms with Gasteiger partial charge in [0.15, 0.2) is 11.6 Å². The van der Waals surface area contributed by atoms with E-state index in [0.29, 0.717) is 5.52 Å². The molecular weight excluding hydrogens is 324 g/mol. The second-order valence-electron chi connectivity index (χ2n) is 4.88. The fraction of sp³-hybridized carbons (Fsp3) is 0. The summed E-state index contributed by atoms with van der Waals surface area (Å²) in [6.45, 7) is 0. The Morgan fingerprint density at radius 2 is 1.62 bits per heavy atom. The number of phenols is 1. The highest BCUT2D eigenvalue weighted by Gasteiger charge is 2.16. The van der Waals surface area contributed by atoms with Crippen LogP contribution in [0.4, 0.5) is 14.5 Å². The molecule has 24 heavy (non-hydrogen) atoms. The van der Waals surface area contributed by atoms with Gasteiger partial charge in [-0.1, -0.05) is 0 Å². The van der Waals surface area contributed by atoms with E-state index in [-0.39, 0.29) is 11.1 Å². The van der Waals surface area contributed by atoms with Crippen LogP contribution in [0.25, 0.3) is 11.0 Å². The number of nitrogens with one attached hydrogen (secondary N) is 3. The highest BCUT2D eigenvalue weighted by Crippen LogP contribution is 2.25. The maximum atomic E-state index is 13.7. The molecule has 9 heteroatoms. The van der Waals surface area contributed by atoms with Crippen LogP contribution in [0.1, 0.15) is 10.4 Å². The van der Waals surface area contributed by atoms with Crippen LogP contribution >= 0.6 is 0 Å². The first-order chi connectivity index (χ1) is 11.4. The lowest BCUT2D eigenvalue weighted by Crippen LogP contribution is -2.29. The standard InChI is InChI=1S/C15H9F2N3O4/c16-11-8(3-4-10(21)12(11)17)19-13(22)6-1-2-7-9(5-6)20-15(24)14(23)18-7/h1-5,21H,(H,18,23)(H,19,22)(H,20,24). The van der Waals surface area contributed by atoms with Gasteiger partial charge in [0.25, 0.3) is 5.91 Å². The second-order valence-corrected chi connectivity index (χ2v) is 4.88. The zero-order valence-electron chi connectivity index (χ0n) is 11.8. The van der Waals surface area contributed by atoms with E-state index < -0.39 is 40.1 Å². The number of aromatic hydroxyl groups is 1. The molecule has 1 heterocycles. The first-order valence-electron chi connectivity index (χ1n) is 6.61. The van der Waals surface area contributed by atoms with Crippen molar-refractivity contribution in [2.45, 2.75) is 0 Å². The molecule has 4 N–H and O–H groups in total.